The molecule has 0 saturated carbocycles. The summed E-state index contributed by atoms with van der Waals surface area (Å²) in [6.07, 6.45) is 3.47. The van der Waals surface area contributed by atoms with Crippen molar-refractivity contribution >= 4 is 35.2 Å². The zero-order chi connectivity index (χ0) is 24.0. The van der Waals surface area contributed by atoms with Crippen LogP contribution in [-0.4, -0.2) is 59.3 Å². The summed E-state index contributed by atoms with van der Waals surface area (Å²) in [4.78, 5) is 50.4. The van der Waals surface area contributed by atoms with Gasteiger partial charge in [-0.3, -0.25) is 29.2 Å². The van der Waals surface area contributed by atoms with E-state index in [0.717, 1.165) is 5.56 Å². The zero-order valence-electron chi connectivity index (χ0n) is 18.0. The lowest BCUT2D eigenvalue weighted by Gasteiger charge is -2.29. The number of carbonyl (C=O) groups is 4. The average Bonchev–Trinajstić information content (AvgIpc) is 3.51. The maximum atomic E-state index is 12.8. The molecule has 2 aliphatic heterocycles. The van der Waals surface area contributed by atoms with E-state index in [4.69, 9.17) is 11.6 Å². The van der Waals surface area contributed by atoms with Gasteiger partial charge >= 0.3 is 0 Å². The fourth-order valence-corrected chi connectivity index (χ4v) is 4.32. The van der Waals surface area contributed by atoms with Crippen LogP contribution in [-0.2, 0) is 29.7 Å². The highest BCUT2D eigenvalue weighted by Crippen LogP contribution is 2.29. The largest absolute Gasteiger partial charge is 0.345 e. The molecule has 13 heteroatoms. The number of imide groups is 1. The molecule has 1 saturated heterocycles. The second-order valence-corrected chi connectivity index (χ2v) is 8.44. The molecule has 4 amide bonds. The van der Waals surface area contributed by atoms with Crippen LogP contribution in [0.5, 0.6) is 0 Å². The Kier molecular flexibility index (Phi) is 5.36. The van der Waals surface area contributed by atoms with Crippen molar-refractivity contribution in [3.63, 3.8) is 0 Å². The monoisotopic (exact) mass is 482 g/mol. The zero-order valence-corrected chi connectivity index (χ0v) is 18.7. The van der Waals surface area contributed by atoms with Crippen LogP contribution in [0.25, 0.3) is 5.69 Å². The lowest BCUT2D eigenvalue weighted by atomic mass is 10.0. The summed E-state index contributed by atoms with van der Waals surface area (Å²) in [6, 6.07) is 4.43. The molecule has 174 valence electrons. The number of aromatic nitrogens is 5. The van der Waals surface area contributed by atoms with Gasteiger partial charge in [-0.1, -0.05) is 16.8 Å². The highest BCUT2D eigenvalue weighted by atomic mass is 35.5. The average molecular weight is 483 g/mol. The van der Waals surface area contributed by atoms with Crippen LogP contribution < -0.4 is 10.6 Å². The minimum absolute atomic E-state index is 0.111. The Morgan fingerprint density at radius 1 is 1.29 bits per heavy atom. The molecule has 4 heterocycles. The molecule has 1 unspecified atom stereocenters. The number of carbonyl (C=O) groups excluding carboxylic acids is 4. The molecule has 0 radical (unpaired) electrons. The molecule has 2 aromatic heterocycles. The quantitative estimate of drug-likeness (QED) is 0.499. The predicted octanol–water partition coefficient (Wildman–Crippen LogP) is 0.345. The fourth-order valence-electron chi connectivity index (χ4n) is 4.09. The number of nitrogens with zero attached hydrogens (tertiary/aromatic N) is 6. The first-order valence-electron chi connectivity index (χ1n) is 10.5. The van der Waals surface area contributed by atoms with Crippen LogP contribution in [0.2, 0.25) is 5.02 Å². The van der Waals surface area contributed by atoms with Crippen molar-refractivity contribution in [2.75, 3.05) is 0 Å². The Bertz CT molecular complexity index is 1330. The van der Waals surface area contributed by atoms with E-state index in [1.807, 2.05) is 0 Å². The molecular formula is C21H19ClN8O4. The van der Waals surface area contributed by atoms with Crippen LogP contribution in [0.15, 0.2) is 30.6 Å². The van der Waals surface area contributed by atoms with Gasteiger partial charge in [0, 0.05) is 25.6 Å². The Balaban J connectivity index is 1.30. The number of amides is 4. The van der Waals surface area contributed by atoms with Gasteiger partial charge in [0.15, 0.2) is 5.69 Å². The normalized spacial score (nSPS) is 17.6. The Labute approximate surface area is 197 Å². The third-order valence-electron chi connectivity index (χ3n) is 5.92. The number of aryl methyl sites for hydroxylation is 1. The lowest BCUT2D eigenvalue weighted by molar-refractivity contribution is -0.136. The van der Waals surface area contributed by atoms with Crippen LogP contribution in [0.3, 0.4) is 0 Å². The van der Waals surface area contributed by atoms with Gasteiger partial charge in [-0.15, -0.1) is 5.10 Å². The number of fused-ring (bicyclic) bond motifs is 1. The van der Waals surface area contributed by atoms with Gasteiger partial charge < -0.3 is 10.2 Å². The van der Waals surface area contributed by atoms with Crippen LogP contribution in [0.1, 0.15) is 44.9 Å². The van der Waals surface area contributed by atoms with Crippen molar-refractivity contribution in [2.24, 2.45) is 7.05 Å². The molecule has 2 aliphatic rings. The molecule has 34 heavy (non-hydrogen) atoms. The van der Waals surface area contributed by atoms with Gasteiger partial charge in [0.05, 0.1) is 35.3 Å². The highest BCUT2D eigenvalue weighted by Gasteiger charge is 2.39. The molecule has 2 N–H and O–H groups in total. The van der Waals surface area contributed by atoms with Crippen molar-refractivity contribution in [1.82, 2.24) is 40.3 Å². The van der Waals surface area contributed by atoms with E-state index in [0.29, 0.717) is 28.4 Å². The fraction of sp³-hybridized carbons (Fsp3) is 0.286. The molecular weight excluding hydrogens is 464 g/mol. The van der Waals surface area contributed by atoms with E-state index in [1.54, 1.807) is 29.9 Å². The van der Waals surface area contributed by atoms with Gasteiger partial charge in [-0.05, 0) is 30.2 Å². The number of benzene rings is 1. The summed E-state index contributed by atoms with van der Waals surface area (Å²) in [5, 5.41) is 17.4. The van der Waals surface area contributed by atoms with E-state index in [9.17, 15) is 19.2 Å². The lowest BCUT2D eigenvalue weighted by Crippen LogP contribution is -2.52. The molecule has 1 fully saturated rings. The second kappa shape index (κ2) is 8.37. The van der Waals surface area contributed by atoms with Crippen molar-refractivity contribution in [1.29, 1.82) is 0 Å². The van der Waals surface area contributed by atoms with Crippen molar-refractivity contribution in [3.05, 3.63) is 58.1 Å². The standard InChI is InChI=1S/C21H19ClN8O4/c1-28-17(14(22)7-24-28)8-23-19(32)15-10-30(27-26-15)12-2-3-13-11(6-12)9-29(21(13)34)16-4-5-18(31)25-20(16)33/h2-3,6-7,10,16H,4-5,8-9H2,1H3,(H,23,32)(H,25,31,33). The van der Waals surface area contributed by atoms with Gasteiger partial charge in [0.1, 0.15) is 6.04 Å². The third-order valence-corrected chi connectivity index (χ3v) is 6.24. The third kappa shape index (κ3) is 3.81. The first-order valence-corrected chi connectivity index (χ1v) is 10.8. The minimum atomic E-state index is -0.685. The number of hydrogen-bond acceptors (Lipinski definition) is 7. The number of rotatable bonds is 5. The summed E-state index contributed by atoms with van der Waals surface area (Å²) >= 11 is 6.06. The molecule has 1 aromatic carbocycles. The Morgan fingerprint density at radius 3 is 2.85 bits per heavy atom. The summed E-state index contributed by atoms with van der Waals surface area (Å²) in [5.41, 5.74) is 2.59. The van der Waals surface area contributed by atoms with E-state index >= 15 is 0 Å². The van der Waals surface area contributed by atoms with Crippen LogP contribution >= 0.6 is 11.6 Å². The van der Waals surface area contributed by atoms with E-state index in [1.165, 1.54) is 22.0 Å². The summed E-state index contributed by atoms with van der Waals surface area (Å²) < 4.78 is 3.01. The first kappa shape index (κ1) is 21.8. The SMILES string of the molecule is Cn1ncc(Cl)c1CNC(=O)c1cn(-c2ccc3c(c2)CN(C2CCC(=O)NC2=O)C3=O)nn1. The van der Waals surface area contributed by atoms with Crippen molar-refractivity contribution < 1.29 is 19.2 Å². The van der Waals surface area contributed by atoms with Crippen molar-refractivity contribution in [3.8, 4) is 5.69 Å². The Hall–Kier alpha value is -4.06. The number of piperidine rings is 1. The van der Waals surface area contributed by atoms with Gasteiger partial charge in [-0.2, -0.15) is 5.10 Å². The molecule has 12 nitrogen and oxygen atoms in total. The first-order chi connectivity index (χ1) is 16.3. The molecule has 5 rings (SSSR count). The molecule has 0 bridgehead atoms. The van der Waals surface area contributed by atoms with Crippen molar-refractivity contribution in [2.45, 2.75) is 32.0 Å². The molecule has 0 aliphatic carbocycles. The van der Waals surface area contributed by atoms with Gasteiger partial charge in [-0.25, -0.2) is 4.68 Å². The number of halogens is 1. The van der Waals surface area contributed by atoms with Gasteiger partial charge in [0.2, 0.25) is 11.8 Å². The maximum absolute atomic E-state index is 12.8. The summed E-state index contributed by atoms with van der Waals surface area (Å²) in [6.45, 7) is 0.417. The molecule has 3 aromatic rings. The molecule has 1 atom stereocenters. The topological polar surface area (TPSA) is 144 Å². The van der Waals surface area contributed by atoms with Crippen LogP contribution in [0.4, 0.5) is 0 Å². The number of nitrogens with one attached hydrogen (secondary N) is 2. The van der Waals surface area contributed by atoms with Crippen LogP contribution in [0, 0.1) is 0 Å². The maximum Gasteiger partial charge on any atom is 0.273 e. The minimum Gasteiger partial charge on any atom is -0.345 e. The predicted molar refractivity (Wildman–Crippen MR) is 117 cm³/mol. The van der Waals surface area contributed by atoms with E-state index in [-0.39, 0.29) is 37.0 Å². The summed E-state index contributed by atoms with van der Waals surface area (Å²) in [5.74, 6) is -1.48. The molecule has 0 spiro atoms. The highest BCUT2D eigenvalue weighted by molar-refractivity contribution is 6.31. The smallest absolute Gasteiger partial charge is 0.273 e. The van der Waals surface area contributed by atoms with Gasteiger partial charge in [0.25, 0.3) is 11.8 Å². The Morgan fingerprint density at radius 2 is 2.12 bits per heavy atom. The second-order valence-electron chi connectivity index (χ2n) is 8.04. The van der Waals surface area contributed by atoms with E-state index in [2.05, 4.69) is 26.0 Å². The van der Waals surface area contributed by atoms with E-state index < -0.39 is 17.9 Å². The summed E-state index contributed by atoms with van der Waals surface area (Å²) in [7, 11) is 1.73. The number of hydrogen-bond donors (Lipinski definition) is 2.